The summed E-state index contributed by atoms with van der Waals surface area (Å²) in [6.45, 7) is 1.97. The summed E-state index contributed by atoms with van der Waals surface area (Å²) in [5, 5.41) is 17.9. The van der Waals surface area contributed by atoms with E-state index >= 15 is 0 Å². The van der Waals surface area contributed by atoms with Crippen LogP contribution in [0.1, 0.15) is 13.3 Å². The number of alkyl halides is 2. The van der Waals surface area contributed by atoms with E-state index in [9.17, 15) is 8.78 Å². The first-order valence-electron chi connectivity index (χ1n) is 4.85. The van der Waals surface area contributed by atoms with Crippen molar-refractivity contribution in [3.8, 4) is 0 Å². The molecule has 14 heavy (non-hydrogen) atoms. The van der Waals surface area contributed by atoms with Crippen LogP contribution < -0.4 is 0 Å². The Kier molecular flexibility index (Phi) is 3.80. The van der Waals surface area contributed by atoms with Crippen molar-refractivity contribution < 1.29 is 19.0 Å². The molecule has 0 bridgehead atoms. The van der Waals surface area contributed by atoms with E-state index in [4.69, 9.17) is 10.2 Å². The van der Waals surface area contributed by atoms with Gasteiger partial charge in [-0.05, 0) is 6.92 Å². The van der Waals surface area contributed by atoms with Crippen LogP contribution >= 0.6 is 0 Å². The lowest BCUT2D eigenvalue weighted by Gasteiger charge is -2.37. The van der Waals surface area contributed by atoms with Crippen LogP contribution in [0.3, 0.4) is 0 Å². The molecule has 2 atom stereocenters. The Hall–Kier alpha value is -0.260. The Morgan fingerprint density at radius 3 is 2.71 bits per heavy atom. The van der Waals surface area contributed by atoms with Crippen molar-refractivity contribution in [2.24, 2.45) is 5.92 Å². The van der Waals surface area contributed by atoms with E-state index in [0.29, 0.717) is 6.54 Å². The van der Waals surface area contributed by atoms with Gasteiger partial charge in [0.25, 0.3) is 5.92 Å². The highest BCUT2D eigenvalue weighted by Gasteiger charge is 2.43. The zero-order valence-electron chi connectivity index (χ0n) is 8.29. The molecule has 0 aromatic carbocycles. The van der Waals surface area contributed by atoms with Gasteiger partial charge in [0.1, 0.15) is 0 Å². The molecule has 84 valence electrons. The molecule has 1 aliphatic rings. The summed E-state index contributed by atoms with van der Waals surface area (Å²) in [5.41, 5.74) is 0. The molecule has 0 radical (unpaired) electrons. The normalized spacial score (nSPS) is 30.2. The number of piperidine rings is 1. The second-order valence-electron chi connectivity index (χ2n) is 4.00. The average Bonchev–Trinajstić information content (AvgIpc) is 2.07. The molecule has 0 amide bonds. The van der Waals surface area contributed by atoms with Gasteiger partial charge in [-0.3, -0.25) is 4.90 Å². The lowest BCUT2D eigenvalue weighted by atomic mass is 9.94. The van der Waals surface area contributed by atoms with Crippen molar-refractivity contribution in [2.75, 3.05) is 26.2 Å². The number of aliphatic hydroxyl groups excluding tert-OH is 2. The average molecular weight is 209 g/mol. The van der Waals surface area contributed by atoms with Crippen LogP contribution in [0.15, 0.2) is 0 Å². The maximum atomic E-state index is 13.1. The monoisotopic (exact) mass is 209 g/mol. The molecular weight excluding hydrogens is 192 g/mol. The molecule has 0 aromatic rings. The number of rotatable bonds is 3. The standard InChI is InChI=1S/C9H17F2NO2/c1-7(14)4-12-3-2-9(10,11)8(5-12)6-13/h7-8,13-14H,2-6H2,1H3/t7-,8?/m1/s1. The minimum atomic E-state index is -2.76. The topological polar surface area (TPSA) is 43.7 Å². The maximum Gasteiger partial charge on any atom is 0.255 e. The van der Waals surface area contributed by atoms with Crippen LogP contribution in [0.2, 0.25) is 0 Å². The summed E-state index contributed by atoms with van der Waals surface area (Å²) in [6.07, 6.45) is -0.744. The van der Waals surface area contributed by atoms with Crippen LogP contribution in [0.25, 0.3) is 0 Å². The first-order chi connectivity index (χ1) is 6.45. The van der Waals surface area contributed by atoms with E-state index in [2.05, 4.69) is 0 Å². The highest BCUT2D eigenvalue weighted by Crippen LogP contribution is 2.32. The quantitative estimate of drug-likeness (QED) is 0.703. The maximum absolute atomic E-state index is 13.1. The van der Waals surface area contributed by atoms with Gasteiger partial charge < -0.3 is 10.2 Å². The highest BCUT2D eigenvalue weighted by atomic mass is 19.3. The van der Waals surface area contributed by atoms with Crippen molar-refractivity contribution >= 4 is 0 Å². The second-order valence-corrected chi connectivity index (χ2v) is 4.00. The van der Waals surface area contributed by atoms with Crippen LogP contribution in [-0.2, 0) is 0 Å². The van der Waals surface area contributed by atoms with Gasteiger partial charge in [-0.1, -0.05) is 0 Å². The number of β-amino-alcohol motifs (C(OH)–C–C–N with tert-alkyl or cyclic N) is 1. The third-order valence-corrected chi connectivity index (χ3v) is 2.58. The first kappa shape index (κ1) is 11.8. The largest absolute Gasteiger partial charge is 0.396 e. The Morgan fingerprint density at radius 1 is 1.57 bits per heavy atom. The molecule has 0 saturated carbocycles. The van der Waals surface area contributed by atoms with Crippen LogP contribution in [0, 0.1) is 5.92 Å². The molecule has 3 nitrogen and oxygen atoms in total. The van der Waals surface area contributed by atoms with Gasteiger partial charge in [0.2, 0.25) is 0 Å². The zero-order valence-corrected chi connectivity index (χ0v) is 8.29. The highest BCUT2D eigenvalue weighted by molar-refractivity contribution is 4.86. The molecule has 1 saturated heterocycles. The number of hydrogen-bond acceptors (Lipinski definition) is 3. The van der Waals surface area contributed by atoms with Crippen molar-refractivity contribution in [3.63, 3.8) is 0 Å². The van der Waals surface area contributed by atoms with Crippen LogP contribution in [-0.4, -0.2) is 53.4 Å². The summed E-state index contributed by atoms with van der Waals surface area (Å²) in [5.74, 6) is -3.75. The van der Waals surface area contributed by atoms with Gasteiger partial charge in [-0.2, -0.15) is 0 Å². The predicted octanol–water partition coefficient (Wildman–Crippen LogP) is 0.317. The summed E-state index contributed by atoms with van der Waals surface area (Å²) in [6, 6.07) is 0. The Labute approximate surface area is 82.3 Å². The molecule has 0 aromatic heterocycles. The molecule has 1 heterocycles. The summed E-state index contributed by atoms with van der Waals surface area (Å²) >= 11 is 0. The number of likely N-dealkylation sites (tertiary alicyclic amines) is 1. The summed E-state index contributed by atoms with van der Waals surface area (Å²) in [4.78, 5) is 1.77. The fraction of sp³-hybridized carbons (Fsp3) is 1.00. The number of hydrogen-bond donors (Lipinski definition) is 2. The molecule has 1 unspecified atom stereocenters. The molecular formula is C9H17F2NO2. The van der Waals surface area contributed by atoms with E-state index in [1.54, 1.807) is 11.8 Å². The van der Waals surface area contributed by atoms with Crippen molar-refractivity contribution in [2.45, 2.75) is 25.4 Å². The Balaban J connectivity index is 2.49. The van der Waals surface area contributed by atoms with Crippen LogP contribution in [0.4, 0.5) is 8.78 Å². The summed E-state index contributed by atoms with van der Waals surface area (Å²) < 4.78 is 26.3. The molecule has 0 spiro atoms. The van der Waals surface area contributed by atoms with E-state index in [0.717, 1.165) is 0 Å². The van der Waals surface area contributed by atoms with Crippen molar-refractivity contribution in [1.29, 1.82) is 0 Å². The van der Waals surface area contributed by atoms with E-state index < -0.39 is 24.6 Å². The third-order valence-electron chi connectivity index (χ3n) is 2.58. The molecule has 1 rings (SSSR count). The molecule has 1 aliphatic heterocycles. The predicted molar refractivity (Wildman–Crippen MR) is 48.3 cm³/mol. The van der Waals surface area contributed by atoms with Gasteiger partial charge >= 0.3 is 0 Å². The minimum absolute atomic E-state index is 0.161. The van der Waals surface area contributed by atoms with Gasteiger partial charge in [-0.25, -0.2) is 8.78 Å². The molecule has 0 aliphatic carbocycles. The number of nitrogens with zero attached hydrogens (tertiary/aromatic N) is 1. The van der Waals surface area contributed by atoms with E-state index in [1.165, 1.54) is 0 Å². The SMILES string of the molecule is C[C@@H](O)CN1CCC(F)(F)C(CO)C1. The van der Waals surface area contributed by atoms with Gasteiger partial charge in [0.15, 0.2) is 0 Å². The lowest BCUT2D eigenvalue weighted by Crippen LogP contribution is -2.50. The molecule has 2 N–H and O–H groups in total. The minimum Gasteiger partial charge on any atom is -0.396 e. The van der Waals surface area contributed by atoms with E-state index in [1.807, 2.05) is 0 Å². The van der Waals surface area contributed by atoms with Crippen LogP contribution in [0.5, 0.6) is 0 Å². The van der Waals surface area contributed by atoms with Crippen molar-refractivity contribution in [1.82, 2.24) is 4.90 Å². The fourth-order valence-corrected chi connectivity index (χ4v) is 1.78. The smallest absolute Gasteiger partial charge is 0.255 e. The zero-order chi connectivity index (χ0) is 10.8. The van der Waals surface area contributed by atoms with Gasteiger partial charge in [0, 0.05) is 26.1 Å². The fourth-order valence-electron chi connectivity index (χ4n) is 1.78. The number of halogens is 2. The molecule has 5 heteroatoms. The summed E-state index contributed by atoms with van der Waals surface area (Å²) in [7, 11) is 0. The Morgan fingerprint density at radius 2 is 2.21 bits per heavy atom. The van der Waals surface area contributed by atoms with Crippen molar-refractivity contribution in [3.05, 3.63) is 0 Å². The third kappa shape index (κ3) is 2.87. The van der Waals surface area contributed by atoms with Gasteiger partial charge in [-0.15, -0.1) is 0 Å². The lowest BCUT2D eigenvalue weighted by molar-refractivity contribution is -0.123. The van der Waals surface area contributed by atoms with Gasteiger partial charge in [0.05, 0.1) is 18.6 Å². The molecule has 1 fully saturated rings. The number of aliphatic hydroxyl groups is 2. The second kappa shape index (κ2) is 4.51. The Bertz CT molecular complexity index is 188. The van der Waals surface area contributed by atoms with E-state index in [-0.39, 0.29) is 19.5 Å². The first-order valence-corrected chi connectivity index (χ1v) is 4.85.